The van der Waals surface area contributed by atoms with Crippen molar-refractivity contribution in [3.8, 4) is 17.2 Å². The van der Waals surface area contributed by atoms with Crippen LogP contribution in [0.5, 0.6) is 17.2 Å². The van der Waals surface area contributed by atoms with Gasteiger partial charge in [-0.05, 0) is 24.3 Å². The number of aromatic amines is 1. The number of carbonyl (C=O) groups is 1. The molecule has 5 rings (SSSR count). The van der Waals surface area contributed by atoms with Crippen molar-refractivity contribution in [2.75, 3.05) is 18.3 Å². The fraction of sp³-hybridized carbons (Fsp3) is 0.148. The van der Waals surface area contributed by atoms with Gasteiger partial charge in [-0.15, -0.1) is 0 Å². The van der Waals surface area contributed by atoms with Crippen LogP contribution in [-0.2, 0) is 17.8 Å². The van der Waals surface area contributed by atoms with Crippen molar-refractivity contribution in [2.24, 2.45) is 0 Å². The van der Waals surface area contributed by atoms with Gasteiger partial charge >= 0.3 is 0 Å². The van der Waals surface area contributed by atoms with Crippen LogP contribution in [0.2, 0.25) is 0 Å². The van der Waals surface area contributed by atoms with Crippen molar-refractivity contribution in [3.63, 3.8) is 0 Å². The molecule has 0 spiro atoms. The van der Waals surface area contributed by atoms with E-state index in [2.05, 4.69) is 16.8 Å². The Morgan fingerprint density at radius 2 is 1.83 bits per heavy atom. The summed E-state index contributed by atoms with van der Waals surface area (Å²) in [4.78, 5) is 27.6. The maximum atomic E-state index is 13.7. The largest absolute Gasteiger partial charge is 0.489 e. The number of aromatic nitrogens is 2. The molecule has 1 amide bonds. The number of anilines is 1. The first-order chi connectivity index (χ1) is 17.1. The summed E-state index contributed by atoms with van der Waals surface area (Å²) in [5, 5.41) is 7.81. The summed E-state index contributed by atoms with van der Waals surface area (Å²) in [6, 6.07) is 20.0. The lowest BCUT2D eigenvalue weighted by Gasteiger charge is -2.24. The third-order valence-corrected chi connectivity index (χ3v) is 5.72. The molecule has 0 bridgehead atoms. The number of carbonyl (C=O) groups excluding carboxylic acids is 1. The number of ether oxygens (including phenoxy) is 3. The maximum Gasteiger partial charge on any atom is 0.272 e. The van der Waals surface area contributed by atoms with Gasteiger partial charge in [-0.2, -0.15) is 5.10 Å². The number of para-hydroxylation sites is 1. The van der Waals surface area contributed by atoms with Gasteiger partial charge in [-0.3, -0.25) is 9.59 Å². The van der Waals surface area contributed by atoms with E-state index in [1.807, 2.05) is 36.4 Å². The maximum absolute atomic E-state index is 13.7. The van der Waals surface area contributed by atoms with Crippen LogP contribution in [0.25, 0.3) is 10.8 Å². The van der Waals surface area contributed by atoms with Crippen molar-refractivity contribution in [3.05, 3.63) is 101 Å². The summed E-state index contributed by atoms with van der Waals surface area (Å²) >= 11 is 0. The van der Waals surface area contributed by atoms with Gasteiger partial charge in [0.2, 0.25) is 12.7 Å². The van der Waals surface area contributed by atoms with Crippen molar-refractivity contribution >= 4 is 22.4 Å². The van der Waals surface area contributed by atoms with Gasteiger partial charge in [0.05, 0.1) is 24.0 Å². The highest BCUT2D eigenvalue weighted by Gasteiger charge is 2.23. The van der Waals surface area contributed by atoms with Crippen LogP contribution in [0.15, 0.2) is 84.2 Å². The zero-order chi connectivity index (χ0) is 24.2. The molecule has 35 heavy (non-hydrogen) atoms. The average Bonchev–Trinajstić information content (AvgIpc) is 3.36. The number of nitrogens with zero attached hydrogens (tertiary/aromatic N) is 2. The number of fused-ring (bicyclic) bond motifs is 2. The summed E-state index contributed by atoms with van der Waals surface area (Å²) in [7, 11) is 0. The van der Waals surface area contributed by atoms with Crippen LogP contribution >= 0.6 is 0 Å². The fourth-order valence-corrected chi connectivity index (χ4v) is 4.02. The molecule has 1 aliphatic rings. The molecular weight excluding hydrogens is 446 g/mol. The van der Waals surface area contributed by atoms with Gasteiger partial charge in [0.1, 0.15) is 12.4 Å². The Kier molecular flexibility index (Phi) is 6.17. The normalized spacial score (nSPS) is 11.9. The standard InChI is InChI=1S/C27H23N3O5/c1-2-13-33-23-10-6-3-7-18(23)16-30(19-11-12-24-25(14-19)35-17-34-24)26(31)15-22-20-8-4-5-9-21(20)27(32)29-28-22/h2-12,14H,1,13,15-17H2,(H,29,32). The Hall–Kier alpha value is -4.59. The number of benzene rings is 3. The first kappa shape index (κ1) is 22.2. The third kappa shape index (κ3) is 4.59. The van der Waals surface area contributed by atoms with E-state index in [0.717, 1.165) is 5.56 Å². The fourth-order valence-electron chi connectivity index (χ4n) is 4.02. The topological polar surface area (TPSA) is 93.8 Å². The molecule has 176 valence electrons. The van der Waals surface area contributed by atoms with Crippen LogP contribution in [-0.4, -0.2) is 29.5 Å². The molecule has 0 radical (unpaired) electrons. The highest BCUT2D eigenvalue weighted by molar-refractivity contribution is 5.97. The smallest absolute Gasteiger partial charge is 0.272 e. The number of H-pyrrole nitrogens is 1. The van der Waals surface area contributed by atoms with E-state index in [0.29, 0.717) is 46.0 Å². The molecule has 0 saturated carbocycles. The minimum absolute atomic E-state index is 0.0125. The Balaban J connectivity index is 1.52. The summed E-state index contributed by atoms with van der Waals surface area (Å²) in [5.74, 6) is 1.67. The molecular formula is C27H23N3O5. The van der Waals surface area contributed by atoms with Crippen LogP contribution in [0.4, 0.5) is 5.69 Å². The van der Waals surface area contributed by atoms with Gasteiger partial charge < -0.3 is 19.1 Å². The molecule has 2 heterocycles. The minimum atomic E-state index is -0.294. The molecule has 0 unspecified atom stereocenters. The molecule has 0 saturated heterocycles. The van der Waals surface area contributed by atoms with E-state index in [-0.39, 0.29) is 31.2 Å². The van der Waals surface area contributed by atoms with Crippen molar-refractivity contribution in [1.29, 1.82) is 0 Å². The van der Waals surface area contributed by atoms with Gasteiger partial charge in [0.15, 0.2) is 11.5 Å². The number of hydrogen-bond acceptors (Lipinski definition) is 6. The quantitative estimate of drug-likeness (QED) is 0.392. The van der Waals surface area contributed by atoms with E-state index in [4.69, 9.17) is 14.2 Å². The van der Waals surface area contributed by atoms with E-state index in [1.54, 1.807) is 41.3 Å². The zero-order valence-corrected chi connectivity index (χ0v) is 18.9. The minimum Gasteiger partial charge on any atom is -0.489 e. The number of amides is 1. The molecule has 1 N–H and O–H groups in total. The average molecular weight is 469 g/mol. The molecule has 4 aromatic rings. The molecule has 0 fully saturated rings. The predicted octanol–water partition coefficient (Wildman–Crippen LogP) is 3.99. The monoisotopic (exact) mass is 469 g/mol. The van der Waals surface area contributed by atoms with E-state index >= 15 is 0 Å². The van der Waals surface area contributed by atoms with Crippen molar-refractivity contribution < 1.29 is 19.0 Å². The molecule has 8 nitrogen and oxygen atoms in total. The first-order valence-corrected chi connectivity index (χ1v) is 11.1. The number of nitrogens with one attached hydrogen (secondary N) is 1. The lowest BCUT2D eigenvalue weighted by molar-refractivity contribution is -0.118. The Morgan fingerprint density at radius 3 is 2.69 bits per heavy atom. The van der Waals surface area contributed by atoms with Gasteiger partial charge in [0.25, 0.3) is 5.56 Å². The lowest BCUT2D eigenvalue weighted by Crippen LogP contribution is -2.32. The third-order valence-electron chi connectivity index (χ3n) is 5.72. The summed E-state index contributed by atoms with van der Waals surface area (Å²) in [5.41, 5.74) is 1.68. The van der Waals surface area contributed by atoms with Crippen LogP contribution in [0.3, 0.4) is 0 Å². The number of rotatable bonds is 8. The highest BCUT2D eigenvalue weighted by atomic mass is 16.7. The Labute approximate surface area is 201 Å². The molecule has 1 aliphatic heterocycles. The van der Waals surface area contributed by atoms with Crippen molar-refractivity contribution in [1.82, 2.24) is 10.2 Å². The van der Waals surface area contributed by atoms with Crippen LogP contribution < -0.4 is 24.7 Å². The number of hydrogen-bond donors (Lipinski definition) is 1. The summed E-state index contributed by atoms with van der Waals surface area (Å²) in [6.45, 7) is 4.45. The Bertz CT molecular complexity index is 1460. The molecule has 3 aromatic carbocycles. The van der Waals surface area contributed by atoms with Gasteiger partial charge in [-0.1, -0.05) is 49.1 Å². The first-order valence-electron chi connectivity index (χ1n) is 11.1. The van der Waals surface area contributed by atoms with E-state index in [1.165, 1.54) is 0 Å². The predicted molar refractivity (Wildman–Crippen MR) is 132 cm³/mol. The van der Waals surface area contributed by atoms with Crippen molar-refractivity contribution in [2.45, 2.75) is 13.0 Å². The second-order valence-electron chi connectivity index (χ2n) is 7.95. The van der Waals surface area contributed by atoms with Crippen LogP contribution in [0, 0.1) is 0 Å². The van der Waals surface area contributed by atoms with Crippen LogP contribution in [0.1, 0.15) is 11.3 Å². The summed E-state index contributed by atoms with van der Waals surface area (Å²) in [6.07, 6.45) is 1.66. The molecule has 0 aliphatic carbocycles. The zero-order valence-electron chi connectivity index (χ0n) is 18.9. The second-order valence-corrected chi connectivity index (χ2v) is 7.95. The summed E-state index contributed by atoms with van der Waals surface area (Å²) < 4.78 is 16.8. The Morgan fingerprint density at radius 1 is 1.06 bits per heavy atom. The van der Waals surface area contributed by atoms with Gasteiger partial charge in [-0.25, -0.2) is 5.10 Å². The van der Waals surface area contributed by atoms with E-state index in [9.17, 15) is 9.59 Å². The molecule has 8 heteroatoms. The SMILES string of the molecule is C=CCOc1ccccc1CN(C(=O)Cc1n[nH]c(=O)c2ccccc12)c1ccc2c(c1)OCO2. The molecule has 0 atom stereocenters. The highest BCUT2D eigenvalue weighted by Crippen LogP contribution is 2.36. The van der Waals surface area contributed by atoms with Gasteiger partial charge in [0, 0.05) is 22.7 Å². The van der Waals surface area contributed by atoms with E-state index < -0.39 is 0 Å². The second kappa shape index (κ2) is 9.72. The lowest BCUT2D eigenvalue weighted by atomic mass is 10.1. The molecule has 1 aromatic heterocycles.